The summed E-state index contributed by atoms with van der Waals surface area (Å²) < 4.78 is 18.7. The number of ether oxygens (including phenoxy) is 3. The van der Waals surface area contributed by atoms with Gasteiger partial charge in [-0.3, -0.25) is 4.79 Å². The molecule has 34 heavy (non-hydrogen) atoms. The number of unbranched alkanes of at least 4 members (excludes halogenated alkanes) is 3. The molecule has 8 heteroatoms. The minimum atomic E-state index is -0.196. The number of nitrogens with zero attached hydrogens (tertiary/aromatic N) is 3. The van der Waals surface area contributed by atoms with Crippen LogP contribution in [0.3, 0.4) is 0 Å². The molecule has 0 saturated carbocycles. The third-order valence-electron chi connectivity index (χ3n) is 5.35. The molecule has 0 unspecified atom stereocenters. The van der Waals surface area contributed by atoms with Gasteiger partial charge in [-0.2, -0.15) is 9.50 Å². The van der Waals surface area contributed by atoms with E-state index in [4.69, 9.17) is 14.2 Å². The van der Waals surface area contributed by atoms with E-state index >= 15 is 0 Å². The highest BCUT2D eigenvalue weighted by Crippen LogP contribution is 2.28. The molecule has 0 N–H and O–H groups in total. The van der Waals surface area contributed by atoms with Crippen LogP contribution in [-0.4, -0.2) is 34.9 Å². The van der Waals surface area contributed by atoms with Crippen molar-refractivity contribution in [2.75, 3.05) is 20.3 Å². The van der Waals surface area contributed by atoms with Crippen molar-refractivity contribution in [1.29, 1.82) is 0 Å². The van der Waals surface area contributed by atoms with Crippen LogP contribution >= 0.6 is 11.3 Å². The van der Waals surface area contributed by atoms with Crippen molar-refractivity contribution >= 4 is 22.4 Å². The fourth-order valence-electron chi connectivity index (χ4n) is 3.58. The molecule has 0 spiro atoms. The number of thiazole rings is 1. The van der Waals surface area contributed by atoms with Crippen molar-refractivity contribution in [3.63, 3.8) is 0 Å². The molecule has 2 heterocycles. The van der Waals surface area contributed by atoms with Gasteiger partial charge in [-0.25, -0.2) is 0 Å². The molecule has 0 aliphatic carbocycles. The molecule has 0 amide bonds. The first-order chi connectivity index (χ1) is 16.6. The van der Waals surface area contributed by atoms with E-state index in [-0.39, 0.29) is 5.56 Å². The van der Waals surface area contributed by atoms with E-state index in [1.807, 2.05) is 55.5 Å². The van der Waals surface area contributed by atoms with Gasteiger partial charge >= 0.3 is 0 Å². The van der Waals surface area contributed by atoms with E-state index in [0.717, 1.165) is 29.9 Å². The van der Waals surface area contributed by atoms with Gasteiger partial charge in [0.05, 0.1) is 24.9 Å². The van der Waals surface area contributed by atoms with Gasteiger partial charge in [-0.1, -0.05) is 43.6 Å². The normalized spacial score (nSPS) is 11.8. The zero-order valence-corrected chi connectivity index (χ0v) is 20.6. The topological polar surface area (TPSA) is 75.0 Å². The first-order valence-electron chi connectivity index (χ1n) is 11.6. The lowest BCUT2D eigenvalue weighted by atomic mass is 10.2. The maximum atomic E-state index is 12.9. The molecular formula is C26H29N3O4S. The smallest absolute Gasteiger partial charge is 0.291 e. The van der Waals surface area contributed by atoms with Gasteiger partial charge in [0.15, 0.2) is 17.3 Å². The van der Waals surface area contributed by atoms with E-state index in [2.05, 4.69) is 17.0 Å². The predicted molar refractivity (Wildman–Crippen MR) is 135 cm³/mol. The Morgan fingerprint density at radius 3 is 2.53 bits per heavy atom. The van der Waals surface area contributed by atoms with Gasteiger partial charge in [0.2, 0.25) is 4.96 Å². The maximum absolute atomic E-state index is 12.9. The summed E-state index contributed by atoms with van der Waals surface area (Å²) in [6, 6.07) is 13.3. The van der Waals surface area contributed by atoms with Crippen molar-refractivity contribution in [2.24, 2.45) is 0 Å². The van der Waals surface area contributed by atoms with Crippen LogP contribution in [-0.2, 0) is 0 Å². The zero-order chi connectivity index (χ0) is 23.9. The zero-order valence-electron chi connectivity index (χ0n) is 19.7. The first-order valence-corrected chi connectivity index (χ1v) is 12.4. The van der Waals surface area contributed by atoms with Crippen LogP contribution in [0.2, 0.25) is 0 Å². The number of benzene rings is 2. The van der Waals surface area contributed by atoms with Crippen LogP contribution in [0, 0.1) is 0 Å². The summed E-state index contributed by atoms with van der Waals surface area (Å²) in [7, 11) is 1.59. The van der Waals surface area contributed by atoms with Crippen molar-refractivity contribution in [2.45, 2.75) is 39.5 Å². The van der Waals surface area contributed by atoms with E-state index in [9.17, 15) is 4.79 Å². The highest BCUT2D eigenvalue weighted by molar-refractivity contribution is 7.15. The van der Waals surface area contributed by atoms with E-state index < -0.39 is 0 Å². The van der Waals surface area contributed by atoms with Crippen molar-refractivity contribution in [3.8, 4) is 28.6 Å². The lowest BCUT2D eigenvalue weighted by Gasteiger charge is -2.09. The molecule has 0 fully saturated rings. The summed E-state index contributed by atoms with van der Waals surface area (Å²) in [5.41, 5.74) is 1.49. The molecule has 4 aromatic rings. The average Bonchev–Trinajstić information content (AvgIpc) is 3.39. The molecule has 4 rings (SSSR count). The summed E-state index contributed by atoms with van der Waals surface area (Å²) >= 11 is 1.31. The number of aromatic nitrogens is 3. The lowest BCUT2D eigenvalue weighted by Crippen LogP contribution is -2.23. The third kappa shape index (κ3) is 5.39. The van der Waals surface area contributed by atoms with Gasteiger partial charge in [0.25, 0.3) is 5.56 Å². The Balaban J connectivity index is 1.52. The van der Waals surface area contributed by atoms with Crippen molar-refractivity contribution < 1.29 is 14.2 Å². The molecular weight excluding hydrogens is 450 g/mol. The second-order valence-corrected chi connectivity index (χ2v) is 8.83. The standard InChI is InChI=1S/C26H29N3O4S/c1-4-6-7-8-15-33-20-12-10-19(11-13-20)24-27-26-29(28-24)25(30)23(34-26)17-18-9-14-21(32-5-2)22(16-18)31-3/h9-14,16-17H,4-8,15H2,1-3H3/b23-17+. The lowest BCUT2D eigenvalue weighted by molar-refractivity contribution is 0.305. The Labute approximate surface area is 202 Å². The molecule has 178 valence electrons. The van der Waals surface area contributed by atoms with Gasteiger partial charge in [-0.15, -0.1) is 5.10 Å². The predicted octanol–water partition coefficient (Wildman–Crippen LogP) is 4.73. The van der Waals surface area contributed by atoms with Crippen LogP contribution in [0.15, 0.2) is 47.3 Å². The molecule has 0 radical (unpaired) electrons. The summed E-state index contributed by atoms with van der Waals surface area (Å²) in [5, 5.41) is 4.44. The van der Waals surface area contributed by atoms with E-state index in [0.29, 0.717) is 33.4 Å². The largest absolute Gasteiger partial charge is 0.494 e. The molecule has 0 aliphatic rings. The molecule has 0 atom stereocenters. The van der Waals surface area contributed by atoms with Gasteiger partial charge in [0.1, 0.15) is 5.75 Å². The van der Waals surface area contributed by atoms with Gasteiger partial charge in [0, 0.05) is 5.56 Å². The van der Waals surface area contributed by atoms with Crippen LogP contribution in [0.25, 0.3) is 22.4 Å². The molecule has 0 saturated heterocycles. The fourth-order valence-corrected chi connectivity index (χ4v) is 4.48. The molecule has 7 nitrogen and oxygen atoms in total. The SMILES string of the molecule is CCCCCCOc1ccc(-c2nc3s/c(=C/c4ccc(OCC)c(OC)c4)c(=O)n3n2)cc1. The fraction of sp³-hybridized carbons (Fsp3) is 0.346. The van der Waals surface area contributed by atoms with Crippen molar-refractivity contribution in [1.82, 2.24) is 14.6 Å². The van der Waals surface area contributed by atoms with Crippen LogP contribution in [0.4, 0.5) is 0 Å². The average molecular weight is 480 g/mol. The monoisotopic (exact) mass is 479 g/mol. The Kier molecular flexibility index (Phi) is 7.80. The number of rotatable bonds is 11. The van der Waals surface area contributed by atoms with Crippen molar-refractivity contribution in [3.05, 3.63) is 62.9 Å². The van der Waals surface area contributed by atoms with Crippen LogP contribution in [0.1, 0.15) is 45.1 Å². The van der Waals surface area contributed by atoms with Gasteiger partial charge in [-0.05, 0) is 61.4 Å². The second-order valence-electron chi connectivity index (χ2n) is 7.82. The third-order valence-corrected chi connectivity index (χ3v) is 6.31. The van der Waals surface area contributed by atoms with E-state index in [1.165, 1.54) is 35.1 Å². The number of methoxy groups -OCH3 is 1. The Morgan fingerprint density at radius 1 is 1.00 bits per heavy atom. The highest BCUT2D eigenvalue weighted by Gasteiger charge is 2.13. The molecule has 2 aromatic heterocycles. The van der Waals surface area contributed by atoms with Gasteiger partial charge < -0.3 is 14.2 Å². The quantitative estimate of drug-likeness (QED) is 0.290. The van der Waals surface area contributed by atoms with Crippen LogP contribution < -0.4 is 24.3 Å². The van der Waals surface area contributed by atoms with Crippen LogP contribution in [0.5, 0.6) is 17.2 Å². The minimum absolute atomic E-state index is 0.196. The molecule has 0 aliphatic heterocycles. The molecule has 0 bridgehead atoms. The summed E-state index contributed by atoms with van der Waals surface area (Å²) in [6.07, 6.45) is 6.51. The summed E-state index contributed by atoms with van der Waals surface area (Å²) in [6.45, 7) is 5.39. The Bertz CT molecular complexity index is 1350. The van der Waals surface area contributed by atoms with E-state index in [1.54, 1.807) is 7.11 Å². The first kappa shape index (κ1) is 23.8. The minimum Gasteiger partial charge on any atom is -0.494 e. The number of fused-ring (bicyclic) bond motifs is 1. The molecule has 2 aromatic carbocycles. The second kappa shape index (κ2) is 11.2. The number of hydrogen-bond donors (Lipinski definition) is 0. The Hall–Kier alpha value is -3.39. The Morgan fingerprint density at radius 2 is 1.82 bits per heavy atom. The summed E-state index contributed by atoms with van der Waals surface area (Å²) in [5.74, 6) is 2.64. The maximum Gasteiger partial charge on any atom is 0.291 e. The number of hydrogen-bond acceptors (Lipinski definition) is 7. The summed E-state index contributed by atoms with van der Waals surface area (Å²) in [4.78, 5) is 18.0. The highest BCUT2D eigenvalue weighted by atomic mass is 32.1.